The van der Waals surface area contributed by atoms with Crippen LogP contribution >= 0.6 is 11.8 Å². The number of rotatable bonds is 8. The molecule has 1 aliphatic rings. The van der Waals surface area contributed by atoms with Gasteiger partial charge in [-0.05, 0) is 39.5 Å². The van der Waals surface area contributed by atoms with E-state index in [-0.39, 0.29) is 12.0 Å². The monoisotopic (exact) mass is 363 g/mol. The molecule has 0 radical (unpaired) electrons. The molecule has 1 atom stereocenters. The second kappa shape index (κ2) is 8.77. The summed E-state index contributed by atoms with van der Waals surface area (Å²) in [6.45, 7) is 9.71. The minimum atomic E-state index is -0.545. The predicted octanol–water partition coefficient (Wildman–Crippen LogP) is 3.08. The van der Waals surface area contributed by atoms with E-state index in [2.05, 4.69) is 27.7 Å². The summed E-state index contributed by atoms with van der Waals surface area (Å²) in [6.07, 6.45) is 9.51. The van der Waals surface area contributed by atoms with Gasteiger partial charge in [-0.2, -0.15) is 0 Å². The Hall–Kier alpha value is -1.45. The van der Waals surface area contributed by atoms with Gasteiger partial charge in [0.15, 0.2) is 5.16 Å². The molecule has 6 heteroatoms. The first-order valence-electron chi connectivity index (χ1n) is 9.01. The summed E-state index contributed by atoms with van der Waals surface area (Å²) in [5.74, 6) is 3.00. The van der Waals surface area contributed by atoms with Crippen LogP contribution in [0.2, 0.25) is 0 Å². The number of nitrogens with zero attached hydrogens (tertiary/aromatic N) is 2. The fraction of sp³-hybridized carbons (Fsp3) is 0.684. The lowest BCUT2D eigenvalue weighted by Gasteiger charge is -2.26. The number of thioether (sulfide) groups is 1. The Morgan fingerprint density at radius 3 is 2.76 bits per heavy atom. The van der Waals surface area contributed by atoms with Crippen LogP contribution in [-0.2, 0) is 16.1 Å². The lowest BCUT2D eigenvalue weighted by molar-refractivity contribution is -0.119. The molecule has 0 aliphatic carbocycles. The van der Waals surface area contributed by atoms with Crippen LogP contribution in [0.4, 0.5) is 0 Å². The van der Waals surface area contributed by atoms with E-state index >= 15 is 0 Å². The predicted molar refractivity (Wildman–Crippen MR) is 102 cm³/mol. The molecule has 1 unspecified atom stereocenters. The Bertz CT molecular complexity index is 638. The number of aromatic nitrogens is 2. The van der Waals surface area contributed by atoms with Gasteiger partial charge in [0.2, 0.25) is 5.91 Å². The Morgan fingerprint density at radius 2 is 2.20 bits per heavy atom. The molecular formula is C19H29N3O2S. The Kier molecular flexibility index (Phi) is 6.97. The molecule has 1 N–H and O–H groups in total. The third-order valence-corrected chi connectivity index (χ3v) is 6.00. The average Bonchev–Trinajstić information content (AvgIpc) is 3.22. The highest BCUT2D eigenvalue weighted by molar-refractivity contribution is 7.99. The Labute approximate surface area is 155 Å². The number of carbonyl (C=O) groups excluding carboxylic acids is 1. The Morgan fingerprint density at radius 1 is 1.48 bits per heavy atom. The third kappa shape index (κ3) is 4.80. The molecule has 5 nitrogen and oxygen atoms in total. The van der Waals surface area contributed by atoms with E-state index in [4.69, 9.17) is 11.2 Å². The second-order valence-electron chi connectivity index (χ2n) is 6.58. The SMILES string of the molecule is C#CC(CC)(CC)NC(=O)CSc1nc(C)c(C)n1CC1CCCO1. The first kappa shape index (κ1) is 19.9. The van der Waals surface area contributed by atoms with E-state index in [0.29, 0.717) is 5.75 Å². The van der Waals surface area contributed by atoms with Crippen molar-refractivity contribution < 1.29 is 9.53 Å². The van der Waals surface area contributed by atoms with Gasteiger partial charge in [0, 0.05) is 12.3 Å². The number of hydrogen-bond donors (Lipinski definition) is 1. The summed E-state index contributed by atoms with van der Waals surface area (Å²) in [6, 6.07) is 0. The summed E-state index contributed by atoms with van der Waals surface area (Å²) in [5, 5.41) is 3.88. The summed E-state index contributed by atoms with van der Waals surface area (Å²) in [5.41, 5.74) is 1.59. The van der Waals surface area contributed by atoms with Gasteiger partial charge in [-0.3, -0.25) is 4.79 Å². The van der Waals surface area contributed by atoms with Crippen LogP contribution in [0.25, 0.3) is 0 Å². The quantitative estimate of drug-likeness (QED) is 0.570. The Balaban J connectivity index is 2.01. The topological polar surface area (TPSA) is 56.2 Å². The molecule has 0 spiro atoms. The first-order chi connectivity index (χ1) is 11.9. The molecule has 2 rings (SSSR count). The molecule has 0 bridgehead atoms. The van der Waals surface area contributed by atoms with E-state index in [1.54, 1.807) is 0 Å². The number of carbonyl (C=O) groups is 1. The molecular weight excluding hydrogens is 334 g/mol. The maximum Gasteiger partial charge on any atom is 0.231 e. The van der Waals surface area contributed by atoms with Crippen molar-refractivity contribution in [3.8, 4) is 12.3 Å². The van der Waals surface area contributed by atoms with Crippen LogP contribution in [0.3, 0.4) is 0 Å². The van der Waals surface area contributed by atoms with E-state index in [1.165, 1.54) is 11.8 Å². The normalized spacial score (nSPS) is 17.5. The highest BCUT2D eigenvalue weighted by Crippen LogP contribution is 2.24. The molecule has 1 amide bonds. The van der Waals surface area contributed by atoms with Crippen LogP contribution in [-0.4, -0.2) is 39.5 Å². The van der Waals surface area contributed by atoms with Crippen LogP contribution in [0.5, 0.6) is 0 Å². The van der Waals surface area contributed by atoms with Crippen molar-refractivity contribution >= 4 is 17.7 Å². The maximum atomic E-state index is 12.4. The van der Waals surface area contributed by atoms with Gasteiger partial charge in [0.05, 0.1) is 24.1 Å². The maximum absolute atomic E-state index is 12.4. The standard InChI is InChI=1S/C19H29N3O2S/c1-6-19(7-2,8-3)21-17(23)13-25-18-20-14(4)15(5)22(18)12-16-10-9-11-24-16/h1,16H,7-13H2,2-5H3,(H,21,23). The molecule has 1 aliphatic heterocycles. The molecule has 2 heterocycles. The minimum absolute atomic E-state index is 0.0476. The largest absolute Gasteiger partial charge is 0.376 e. The van der Waals surface area contributed by atoms with Crippen molar-refractivity contribution in [1.29, 1.82) is 0 Å². The van der Waals surface area contributed by atoms with Crippen molar-refractivity contribution in [3.05, 3.63) is 11.4 Å². The molecule has 1 aromatic heterocycles. The van der Waals surface area contributed by atoms with Crippen molar-refractivity contribution in [2.24, 2.45) is 0 Å². The molecule has 138 valence electrons. The number of hydrogen-bond acceptors (Lipinski definition) is 4. The van der Waals surface area contributed by atoms with Crippen molar-refractivity contribution in [1.82, 2.24) is 14.9 Å². The number of nitrogens with one attached hydrogen (secondary N) is 1. The summed E-state index contributed by atoms with van der Waals surface area (Å²) < 4.78 is 7.93. The highest BCUT2D eigenvalue weighted by atomic mass is 32.2. The number of terminal acetylenes is 1. The summed E-state index contributed by atoms with van der Waals surface area (Å²) in [7, 11) is 0. The molecule has 0 saturated carbocycles. The summed E-state index contributed by atoms with van der Waals surface area (Å²) >= 11 is 1.46. The lowest BCUT2D eigenvalue weighted by Crippen LogP contribution is -2.47. The van der Waals surface area contributed by atoms with Crippen molar-refractivity contribution in [2.45, 2.75) is 76.7 Å². The fourth-order valence-corrected chi connectivity index (χ4v) is 3.94. The zero-order valence-electron chi connectivity index (χ0n) is 15.7. The van der Waals surface area contributed by atoms with E-state index in [1.807, 2.05) is 20.8 Å². The van der Waals surface area contributed by atoms with E-state index < -0.39 is 5.54 Å². The number of amides is 1. The third-order valence-electron chi connectivity index (χ3n) is 5.03. The zero-order chi connectivity index (χ0) is 18.4. The number of imidazole rings is 1. The average molecular weight is 364 g/mol. The smallest absolute Gasteiger partial charge is 0.231 e. The summed E-state index contributed by atoms with van der Waals surface area (Å²) in [4.78, 5) is 17.0. The molecule has 1 saturated heterocycles. The van der Waals surface area contributed by atoms with Gasteiger partial charge in [-0.25, -0.2) is 4.98 Å². The van der Waals surface area contributed by atoms with Gasteiger partial charge in [0.1, 0.15) is 5.54 Å². The molecule has 25 heavy (non-hydrogen) atoms. The van der Waals surface area contributed by atoms with Crippen LogP contribution in [0.15, 0.2) is 5.16 Å². The zero-order valence-corrected chi connectivity index (χ0v) is 16.5. The first-order valence-corrected chi connectivity index (χ1v) is 10.00. The van der Waals surface area contributed by atoms with E-state index in [9.17, 15) is 4.79 Å². The van der Waals surface area contributed by atoms with Gasteiger partial charge < -0.3 is 14.6 Å². The van der Waals surface area contributed by atoms with Crippen molar-refractivity contribution in [2.75, 3.05) is 12.4 Å². The molecule has 0 aromatic carbocycles. The lowest BCUT2D eigenvalue weighted by atomic mass is 9.94. The number of ether oxygens (including phenoxy) is 1. The second-order valence-corrected chi connectivity index (χ2v) is 7.52. The van der Waals surface area contributed by atoms with Crippen LogP contribution in [0.1, 0.15) is 50.9 Å². The van der Waals surface area contributed by atoms with Gasteiger partial charge >= 0.3 is 0 Å². The minimum Gasteiger partial charge on any atom is -0.376 e. The molecule has 1 fully saturated rings. The van der Waals surface area contributed by atoms with Crippen molar-refractivity contribution in [3.63, 3.8) is 0 Å². The number of aryl methyl sites for hydroxylation is 1. The highest BCUT2D eigenvalue weighted by Gasteiger charge is 2.26. The fourth-order valence-electron chi connectivity index (χ4n) is 3.04. The van der Waals surface area contributed by atoms with E-state index in [0.717, 1.165) is 55.4 Å². The van der Waals surface area contributed by atoms with Gasteiger partial charge in [-0.15, -0.1) is 6.42 Å². The molecule has 1 aromatic rings. The van der Waals surface area contributed by atoms with Gasteiger partial charge in [0.25, 0.3) is 0 Å². The van der Waals surface area contributed by atoms with Gasteiger partial charge in [-0.1, -0.05) is 31.5 Å². The van der Waals surface area contributed by atoms with Crippen LogP contribution < -0.4 is 5.32 Å². The van der Waals surface area contributed by atoms with Crippen LogP contribution in [0, 0.1) is 26.2 Å².